The molecule has 1 aliphatic carbocycles. The van der Waals surface area contributed by atoms with Gasteiger partial charge in [-0.3, -0.25) is 4.79 Å². The van der Waals surface area contributed by atoms with Gasteiger partial charge in [0.15, 0.2) is 0 Å². The smallest absolute Gasteiger partial charge is 0.251 e. The zero-order valence-electron chi connectivity index (χ0n) is 8.08. The Balaban J connectivity index is 2.11. The number of carbonyl (C=O) groups is 1. The number of hydrogen-bond donors (Lipinski definition) is 2. The minimum absolute atomic E-state index is 0.0114. The van der Waals surface area contributed by atoms with Crippen LogP contribution in [0.3, 0.4) is 0 Å². The molecule has 0 unspecified atom stereocenters. The van der Waals surface area contributed by atoms with E-state index in [0.29, 0.717) is 5.56 Å². The molecular formula is C11H13NO2. The van der Waals surface area contributed by atoms with E-state index in [2.05, 4.69) is 5.32 Å². The molecule has 3 heteroatoms. The fourth-order valence-corrected chi connectivity index (χ4v) is 1.31. The van der Waals surface area contributed by atoms with Crippen LogP contribution in [-0.2, 0) is 0 Å². The van der Waals surface area contributed by atoms with E-state index in [-0.39, 0.29) is 17.2 Å². The first-order valence-corrected chi connectivity index (χ1v) is 4.71. The van der Waals surface area contributed by atoms with Gasteiger partial charge in [0.25, 0.3) is 5.91 Å². The summed E-state index contributed by atoms with van der Waals surface area (Å²) in [6.07, 6.45) is 2.08. The van der Waals surface area contributed by atoms with E-state index in [4.69, 9.17) is 0 Å². The number of phenols is 1. The Morgan fingerprint density at radius 3 is 2.79 bits per heavy atom. The van der Waals surface area contributed by atoms with Crippen LogP contribution in [0.5, 0.6) is 5.75 Å². The predicted octanol–water partition coefficient (Wildman–Crippen LogP) is 1.67. The normalized spacial score (nSPS) is 17.5. The van der Waals surface area contributed by atoms with Crippen LogP contribution < -0.4 is 5.32 Å². The number of nitrogens with one attached hydrogen (secondary N) is 1. The van der Waals surface area contributed by atoms with Crippen molar-refractivity contribution in [3.8, 4) is 5.75 Å². The average Bonchev–Trinajstić information content (AvgIpc) is 2.83. The molecule has 14 heavy (non-hydrogen) atoms. The molecule has 1 amide bonds. The van der Waals surface area contributed by atoms with Crippen molar-refractivity contribution in [1.82, 2.24) is 5.32 Å². The molecule has 0 atom stereocenters. The lowest BCUT2D eigenvalue weighted by Gasteiger charge is -2.11. The molecule has 1 fully saturated rings. The van der Waals surface area contributed by atoms with Crippen LogP contribution >= 0.6 is 0 Å². The summed E-state index contributed by atoms with van der Waals surface area (Å²) in [6, 6.07) is 6.39. The lowest BCUT2D eigenvalue weighted by Crippen LogP contribution is -2.34. The van der Waals surface area contributed by atoms with Crippen molar-refractivity contribution in [3.05, 3.63) is 29.8 Å². The molecule has 74 valence electrons. The third-order valence-electron chi connectivity index (χ3n) is 2.52. The molecule has 0 radical (unpaired) electrons. The van der Waals surface area contributed by atoms with Crippen molar-refractivity contribution >= 4 is 5.91 Å². The molecule has 0 spiro atoms. The minimum Gasteiger partial charge on any atom is -0.508 e. The number of amides is 1. The quantitative estimate of drug-likeness (QED) is 0.747. The molecule has 3 nitrogen and oxygen atoms in total. The summed E-state index contributed by atoms with van der Waals surface area (Å²) in [5.41, 5.74) is 0.501. The summed E-state index contributed by atoms with van der Waals surface area (Å²) in [5.74, 6) is 0.0134. The molecule has 0 aliphatic heterocycles. The van der Waals surface area contributed by atoms with E-state index in [0.717, 1.165) is 12.8 Å². The van der Waals surface area contributed by atoms with Gasteiger partial charge in [0.05, 0.1) is 0 Å². The molecule has 0 saturated heterocycles. The Kier molecular flexibility index (Phi) is 1.95. The van der Waals surface area contributed by atoms with Crippen LogP contribution in [0, 0.1) is 0 Å². The first-order valence-electron chi connectivity index (χ1n) is 4.71. The zero-order valence-corrected chi connectivity index (χ0v) is 8.08. The Hall–Kier alpha value is -1.51. The molecular weight excluding hydrogens is 178 g/mol. The minimum atomic E-state index is -0.110. The van der Waals surface area contributed by atoms with Gasteiger partial charge in [-0.05, 0) is 38.0 Å². The van der Waals surface area contributed by atoms with E-state index in [1.165, 1.54) is 6.07 Å². The van der Waals surface area contributed by atoms with E-state index in [1.807, 2.05) is 6.92 Å². The van der Waals surface area contributed by atoms with Crippen LogP contribution in [0.2, 0.25) is 0 Å². The van der Waals surface area contributed by atoms with Crippen molar-refractivity contribution in [2.75, 3.05) is 0 Å². The zero-order chi connectivity index (χ0) is 10.2. The first kappa shape index (κ1) is 9.06. The fourth-order valence-electron chi connectivity index (χ4n) is 1.31. The highest BCUT2D eigenvalue weighted by atomic mass is 16.3. The van der Waals surface area contributed by atoms with Crippen molar-refractivity contribution in [2.45, 2.75) is 25.3 Å². The third kappa shape index (κ3) is 1.87. The van der Waals surface area contributed by atoms with E-state index in [1.54, 1.807) is 18.2 Å². The summed E-state index contributed by atoms with van der Waals surface area (Å²) < 4.78 is 0. The number of rotatable bonds is 2. The van der Waals surface area contributed by atoms with E-state index in [9.17, 15) is 9.90 Å². The van der Waals surface area contributed by atoms with Crippen LogP contribution in [-0.4, -0.2) is 16.6 Å². The molecule has 0 aromatic heterocycles. The average molecular weight is 191 g/mol. The lowest BCUT2D eigenvalue weighted by atomic mass is 10.2. The Morgan fingerprint density at radius 2 is 2.21 bits per heavy atom. The van der Waals surface area contributed by atoms with Crippen LogP contribution in [0.25, 0.3) is 0 Å². The van der Waals surface area contributed by atoms with Gasteiger partial charge < -0.3 is 10.4 Å². The maximum absolute atomic E-state index is 11.6. The van der Waals surface area contributed by atoms with Gasteiger partial charge in [0.1, 0.15) is 5.75 Å². The van der Waals surface area contributed by atoms with Gasteiger partial charge in [0, 0.05) is 11.1 Å². The summed E-state index contributed by atoms with van der Waals surface area (Å²) in [6.45, 7) is 2.02. The highest BCUT2D eigenvalue weighted by Gasteiger charge is 2.38. The standard InChI is InChI=1S/C11H13NO2/c1-11(5-6-11)12-10(14)8-3-2-4-9(13)7-8/h2-4,7,13H,5-6H2,1H3,(H,12,14). The summed E-state index contributed by atoms with van der Waals surface area (Å²) >= 11 is 0. The number of carbonyl (C=O) groups excluding carboxylic acids is 1. The number of phenolic OH excluding ortho intramolecular Hbond substituents is 1. The lowest BCUT2D eigenvalue weighted by molar-refractivity contribution is 0.0935. The Labute approximate surface area is 82.8 Å². The topological polar surface area (TPSA) is 49.3 Å². The van der Waals surface area contributed by atoms with Crippen LogP contribution in [0.15, 0.2) is 24.3 Å². The SMILES string of the molecule is CC1(NC(=O)c2cccc(O)c2)CC1. The second-order valence-corrected chi connectivity index (χ2v) is 4.07. The molecule has 2 rings (SSSR count). The number of aromatic hydroxyl groups is 1. The van der Waals surface area contributed by atoms with Crippen LogP contribution in [0.1, 0.15) is 30.1 Å². The van der Waals surface area contributed by atoms with Gasteiger partial charge in [-0.25, -0.2) is 0 Å². The van der Waals surface area contributed by atoms with Gasteiger partial charge in [-0.1, -0.05) is 6.07 Å². The highest BCUT2D eigenvalue weighted by molar-refractivity contribution is 5.95. The van der Waals surface area contributed by atoms with Crippen LogP contribution in [0.4, 0.5) is 0 Å². The fraction of sp³-hybridized carbons (Fsp3) is 0.364. The number of benzene rings is 1. The molecule has 0 bridgehead atoms. The maximum atomic E-state index is 11.6. The Morgan fingerprint density at radius 1 is 1.50 bits per heavy atom. The molecule has 2 N–H and O–H groups in total. The third-order valence-corrected chi connectivity index (χ3v) is 2.52. The van der Waals surface area contributed by atoms with Crippen molar-refractivity contribution in [3.63, 3.8) is 0 Å². The highest BCUT2D eigenvalue weighted by Crippen LogP contribution is 2.34. The van der Waals surface area contributed by atoms with Gasteiger partial charge in [-0.15, -0.1) is 0 Å². The maximum Gasteiger partial charge on any atom is 0.251 e. The van der Waals surface area contributed by atoms with E-state index < -0.39 is 0 Å². The van der Waals surface area contributed by atoms with Gasteiger partial charge >= 0.3 is 0 Å². The second-order valence-electron chi connectivity index (χ2n) is 4.07. The molecule has 1 aromatic rings. The van der Waals surface area contributed by atoms with Gasteiger partial charge in [0.2, 0.25) is 0 Å². The summed E-state index contributed by atoms with van der Waals surface area (Å²) in [7, 11) is 0. The van der Waals surface area contributed by atoms with E-state index >= 15 is 0 Å². The monoisotopic (exact) mass is 191 g/mol. The molecule has 1 aliphatic rings. The largest absolute Gasteiger partial charge is 0.508 e. The van der Waals surface area contributed by atoms with Crippen molar-refractivity contribution < 1.29 is 9.90 Å². The number of hydrogen-bond acceptors (Lipinski definition) is 2. The molecule has 1 aromatic carbocycles. The first-order chi connectivity index (χ1) is 6.59. The predicted molar refractivity (Wildman–Crippen MR) is 53.2 cm³/mol. The van der Waals surface area contributed by atoms with Gasteiger partial charge in [-0.2, -0.15) is 0 Å². The second kappa shape index (κ2) is 3.01. The van der Waals surface area contributed by atoms with Crippen molar-refractivity contribution in [1.29, 1.82) is 0 Å². The Bertz CT molecular complexity index is 369. The summed E-state index contributed by atoms with van der Waals surface area (Å²) in [5, 5.41) is 12.1. The van der Waals surface area contributed by atoms with Crippen molar-refractivity contribution in [2.24, 2.45) is 0 Å². The summed E-state index contributed by atoms with van der Waals surface area (Å²) in [4.78, 5) is 11.6. The molecule has 1 saturated carbocycles. The molecule has 0 heterocycles.